The molecule has 8 aromatic rings. The summed E-state index contributed by atoms with van der Waals surface area (Å²) in [5.74, 6) is 0.510. The molecule has 2 atom stereocenters. The van der Waals surface area contributed by atoms with Crippen molar-refractivity contribution < 1.29 is 9.59 Å². The number of thiazole rings is 2. The van der Waals surface area contributed by atoms with Crippen LogP contribution in [0.25, 0.3) is 60.4 Å². The maximum Gasteiger partial charge on any atom is 0.261 e. The molecule has 2 aliphatic heterocycles. The second-order valence-corrected chi connectivity index (χ2v) is 42.3. The van der Waals surface area contributed by atoms with E-state index in [-0.39, 0.29) is 28.2 Å². The molecule has 2 unspecified atom stereocenters. The molecular formula is C92H132N6O2S8. The SMILES string of the molecule is CCCCCCCCC(CCCCCC)CN1C(=O)C2=C(c3cnc(-c4ccc(C(C)(C)C(C)(C)c5ccc(-c6cc(CCCCCC)c(-c7sc(C(C)(C)N)cc7CCCCCC)s6)s5)s4)s3)N(CC(CCCCCC)CCCCCCCC)C(=O)C2=C1c1cnc(-c2ccc(-c3ccc(C(C)(C)N)s3)s2)s1. The minimum Gasteiger partial charge on any atom is -0.321 e. The molecule has 8 nitrogen and oxygen atoms in total. The van der Waals surface area contributed by atoms with Crippen LogP contribution in [-0.2, 0) is 44.3 Å². The summed E-state index contributed by atoms with van der Waals surface area (Å²) in [4.78, 5) is 64.7. The third kappa shape index (κ3) is 21.6. The van der Waals surface area contributed by atoms with E-state index in [2.05, 4.69) is 167 Å². The van der Waals surface area contributed by atoms with Crippen molar-refractivity contribution in [1.82, 2.24) is 19.8 Å². The summed E-state index contributed by atoms with van der Waals surface area (Å²) in [6.07, 6.45) is 44.6. The molecule has 8 aromatic heterocycles. The molecule has 0 aromatic carbocycles. The van der Waals surface area contributed by atoms with Gasteiger partial charge in [-0.25, -0.2) is 9.97 Å². The van der Waals surface area contributed by atoms with E-state index >= 15 is 9.59 Å². The molecule has 0 spiro atoms. The Bertz CT molecular complexity index is 4190. The van der Waals surface area contributed by atoms with Gasteiger partial charge in [0, 0.05) is 96.2 Å². The standard InChI is InChI=1S/C92H132N6O2S8/c1-15-21-27-33-35-39-45-63(43-37-29-23-17-3)61-97-81(73-59-95-85(106-73)70-50-49-67(101-70)68-52-56-77(103-68)91(11,12)93)79-80(88(97)100)82(98(87(79)99)62-64(44-38-30-24-18-4)46-40-36-34-28-22-16-2)74-60-96-86(107-74)71-53-55-76(104-71)90(9,10)89(7,8)75-54-51-69(102-75)72-57-65(47-41-31-25-19-5)83(105-72)84-66(48-42-32-26-20-6)58-78(108-84)92(13,14)94/h49-60,63-64H,15-48,61-62,93-94H2,1-14H3. The van der Waals surface area contributed by atoms with Crippen LogP contribution in [0.2, 0.25) is 0 Å². The first-order valence-corrected chi connectivity index (χ1v) is 48.8. The van der Waals surface area contributed by atoms with Crippen molar-refractivity contribution in [3.05, 3.63) is 125 Å². The first kappa shape index (κ1) is 86.2. The number of rotatable bonds is 50. The highest BCUT2D eigenvalue weighted by Gasteiger charge is 2.51. The maximum absolute atomic E-state index is 16.5. The van der Waals surface area contributed by atoms with Gasteiger partial charge in [0.2, 0.25) is 0 Å². The Kier molecular flexibility index (Phi) is 32.5. The van der Waals surface area contributed by atoms with Gasteiger partial charge in [0.1, 0.15) is 10.0 Å². The molecule has 10 heterocycles. The average Bonchev–Trinajstić information content (AvgIpc) is 1.59. The summed E-state index contributed by atoms with van der Waals surface area (Å²) in [7, 11) is 0. The highest BCUT2D eigenvalue weighted by Crippen LogP contribution is 2.55. The predicted octanol–water partition coefficient (Wildman–Crippen LogP) is 29.7. The van der Waals surface area contributed by atoms with Crippen LogP contribution < -0.4 is 11.5 Å². The van der Waals surface area contributed by atoms with Crippen molar-refractivity contribution in [1.29, 1.82) is 0 Å². The van der Waals surface area contributed by atoms with E-state index in [4.69, 9.17) is 21.4 Å². The van der Waals surface area contributed by atoms with E-state index in [1.165, 1.54) is 209 Å². The van der Waals surface area contributed by atoms with Crippen LogP contribution in [0.3, 0.4) is 0 Å². The van der Waals surface area contributed by atoms with Crippen LogP contribution in [0.15, 0.2) is 84.2 Å². The van der Waals surface area contributed by atoms with Gasteiger partial charge in [0.25, 0.3) is 11.8 Å². The van der Waals surface area contributed by atoms with Crippen LogP contribution in [-0.4, -0.2) is 44.7 Å². The van der Waals surface area contributed by atoms with Crippen LogP contribution in [0.1, 0.15) is 343 Å². The van der Waals surface area contributed by atoms with Gasteiger partial charge in [0.15, 0.2) is 0 Å². The number of unbranched alkanes of at least 4 members (excludes halogenated alkanes) is 22. The third-order valence-corrected chi connectivity index (χ3v) is 34.1. The smallest absolute Gasteiger partial charge is 0.261 e. The fourth-order valence-corrected chi connectivity index (χ4v) is 25.2. The Balaban J connectivity index is 1.02. The lowest BCUT2D eigenvalue weighted by molar-refractivity contribution is -0.124. The largest absolute Gasteiger partial charge is 0.321 e. The van der Waals surface area contributed by atoms with Crippen molar-refractivity contribution in [3.63, 3.8) is 0 Å². The molecule has 590 valence electrons. The number of thiophene rings is 6. The van der Waals surface area contributed by atoms with E-state index in [0.29, 0.717) is 36.1 Å². The maximum atomic E-state index is 16.5. The molecule has 0 aliphatic carbocycles. The highest BCUT2D eigenvalue weighted by atomic mass is 32.1. The second kappa shape index (κ2) is 40.7. The van der Waals surface area contributed by atoms with Crippen LogP contribution in [0, 0.1) is 11.8 Å². The average molecular weight is 1610 g/mol. The third-order valence-electron chi connectivity index (χ3n) is 23.2. The van der Waals surface area contributed by atoms with Gasteiger partial charge in [0.05, 0.1) is 42.0 Å². The molecule has 4 N–H and O–H groups in total. The van der Waals surface area contributed by atoms with Crippen LogP contribution in [0.4, 0.5) is 0 Å². The lowest BCUT2D eigenvalue weighted by Gasteiger charge is -2.40. The molecule has 0 saturated heterocycles. The first-order chi connectivity index (χ1) is 51.9. The van der Waals surface area contributed by atoms with E-state index in [9.17, 15) is 0 Å². The number of carbonyl (C=O) groups is 2. The van der Waals surface area contributed by atoms with Crippen molar-refractivity contribution in [2.24, 2.45) is 23.3 Å². The first-order valence-electron chi connectivity index (χ1n) is 42.3. The van der Waals surface area contributed by atoms with E-state index in [1.54, 1.807) is 45.3 Å². The number of carbonyl (C=O) groups excluding carboxylic acids is 2. The van der Waals surface area contributed by atoms with E-state index in [1.807, 2.05) is 57.7 Å². The summed E-state index contributed by atoms with van der Waals surface area (Å²) in [6, 6.07) is 23.2. The fraction of sp³-hybridized carbons (Fsp3) is 0.609. The van der Waals surface area contributed by atoms with E-state index in [0.717, 1.165) is 110 Å². The summed E-state index contributed by atoms with van der Waals surface area (Å²) >= 11 is 14.5. The number of nitrogens with zero attached hydrogens (tertiary/aromatic N) is 4. The number of nitrogens with two attached hydrogens (primary N) is 2. The van der Waals surface area contributed by atoms with Crippen LogP contribution >= 0.6 is 90.7 Å². The Labute approximate surface area is 684 Å². The van der Waals surface area contributed by atoms with Crippen molar-refractivity contribution >= 4 is 114 Å². The minimum absolute atomic E-state index is 0.0426. The zero-order valence-corrected chi connectivity index (χ0v) is 75.1. The quantitative estimate of drug-likeness (QED) is 0.0367. The topological polar surface area (TPSA) is 118 Å². The number of aryl methyl sites for hydroxylation is 2. The molecule has 0 saturated carbocycles. The lowest BCUT2D eigenvalue weighted by atomic mass is 9.66. The molecule has 108 heavy (non-hydrogen) atoms. The summed E-state index contributed by atoms with van der Waals surface area (Å²) < 4.78 is 0. The summed E-state index contributed by atoms with van der Waals surface area (Å²) in [5, 5.41) is 1.82. The van der Waals surface area contributed by atoms with E-state index < -0.39 is 5.54 Å². The fourth-order valence-electron chi connectivity index (χ4n) is 15.7. The monoisotopic (exact) mass is 1610 g/mol. The molecule has 0 radical (unpaired) electrons. The molecule has 16 heteroatoms. The van der Waals surface area contributed by atoms with Crippen molar-refractivity contribution in [3.8, 4) is 49.0 Å². The van der Waals surface area contributed by atoms with Gasteiger partial charge in [-0.1, -0.05) is 236 Å². The summed E-state index contributed by atoms with van der Waals surface area (Å²) in [6.45, 7) is 33.1. The number of hydrogen-bond donors (Lipinski definition) is 2. The number of hydrogen-bond acceptors (Lipinski definition) is 14. The van der Waals surface area contributed by atoms with Gasteiger partial charge in [-0.15, -0.1) is 90.7 Å². The van der Waals surface area contributed by atoms with Crippen LogP contribution in [0.5, 0.6) is 0 Å². The van der Waals surface area contributed by atoms with Gasteiger partial charge in [-0.3, -0.25) is 9.59 Å². The Morgan fingerprint density at radius 1 is 0.343 bits per heavy atom. The zero-order valence-electron chi connectivity index (χ0n) is 68.6. The van der Waals surface area contributed by atoms with Gasteiger partial charge in [-0.2, -0.15) is 0 Å². The normalized spacial score (nSPS) is 14.6. The highest BCUT2D eigenvalue weighted by molar-refractivity contribution is 7.27. The summed E-state index contributed by atoms with van der Waals surface area (Å²) in [5.41, 5.74) is 17.8. The lowest BCUT2D eigenvalue weighted by Crippen LogP contribution is -2.39. The number of aromatic nitrogens is 2. The molecule has 0 fully saturated rings. The Morgan fingerprint density at radius 2 is 0.676 bits per heavy atom. The van der Waals surface area contributed by atoms with Gasteiger partial charge < -0.3 is 21.3 Å². The van der Waals surface area contributed by atoms with Gasteiger partial charge >= 0.3 is 0 Å². The molecule has 10 rings (SSSR count). The minimum atomic E-state index is -0.421. The molecular weight excluding hydrogens is 1480 g/mol. The molecule has 2 amide bonds. The Hall–Kier alpha value is -4.20. The Morgan fingerprint density at radius 3 is 1.12 bits per heavy atom. The van der Waals surface area contributed by atoms with Crippen molar-refractivity contribution in [2.75, 3.05) is 13.1 Å². The number of amides is 2. The predicted molar refractivity (Wildman–Crippen MR) is 479 cm³/mol. The second-order valence-electron chi connectivity index (χ2n) is 33.8. The molecule has 2 aliphatic rings. The van der Waals surface area contributed by atoms with Crippen molar-refractivity contribution in [2.45, 2.75) is 337 Å². The van der Waals surface area contributed by atoms with Gasteiger partial charge in [-0.05, 0) is 163 Å². The zero-order chi connectivity index (χ0) is 77.2. The molecule has 0 bridgehead atoms. The number of fused-ring (bicyclic) bond motifs is 1.